The lowest BCUT2D eigenvalue weighted by molar-refractivity contribution is -0.157. The standard InChI is InChI=1S/C17H19N3O5S/c1-17(19)7-10(16(23)24)20-14(22)11(15(20)26-17)13(21)12(18)8-3-5-9(25-2)6-4-8/h3-7,11-12,15H,18-19H2,1-2H3,(H,23,24)/t11?,12?,15-,17?/m1/s1. The summed E-state index contributed by atoms with van der Waals surface area (Å²) in [5, 5.41) is 8.65. The predicted molar refractivity (Wildman–Crippen MR) is 95.0 cm³/mol. The molecule has 1 aromatic carbocycles. The number of rotatable bonds is 5. The molecule has 0 radical (unpaired) electrons. The molecule has 0 aromatic heterocycles. The third-order valence-electron chi connectivity index (χ3n) is 4.41. The number of hydrogen-bond acceptors (Lipinski definition) is 7. The van der Waals surface area contributed by atoms with Crippen molar-refractivity contribution >= 4 is 29.4 Å². The summed E-state index contributed by atoms with van der Waals surface area (Å²) in [6.07, 6.45) is 1.32. The van der Waals surface area contributed by atoms with Crippen molar-refractivity contribution in [2.24, 2.45) is 17.4 Å². The van der Waals surface area contributed by atoms with Crippen molar-refractivity contribution < 1.29 is 24.2 Å². The Morgan fingerprint density at radius 3 is 2.50 bits per heavy atom. The summed E-state index contributed by atoms with van der Waals surface area (Å²) in [7, 11) is 1.53. The highest BCUT2D eigenvalue weighted by molar-refractivity contribution is 8.01. The van der Waals surface area contributed by atoms with Gasteiger partial charge in [0, 0.05) is 0 Å². The fraction of sp³-hybridized carbons (Fsp3) is 0.353. The van der Waals surface area contributed by atoms with Gasteiger partial charge in [0.1, 0.15) is 22.7 Å². The fourth-order valence-corrected chi connectivity index (χ4v) is 4.48. The van der Waals surface area contributed by atoms with Gasteiger partial charge in [0.2, 0.25) is 5.91 Å². The van der Waals surface area contributed by atoms with E-state index in [1.807, 2.05) is 0 Å². The quantitative estimate of drug-likeness (QED) is 0.497. The van der Waals surface area contributed by atoms with Crippen LogP contribution in [0.25, 0.3) is 0 Å². The van der Waals surface area contributed by atoms with E-state index >= 15 is 0 Å². The third-order valence-corrected chi connectivity index (χ3v) is 5.76. The van der Waals surface area contributed by atoms with E-state index in [9.17, 15) is 19.5 Å². The SMILES string of the molecule is COc1ccc(C(N)C(=O)C2C(=O)N3C(C(=O)O)=CC(C)(N)S[C@H]23)cc1. The first-order valence-electron chi connectivity index (χ1n) is 7.85. The molecule has 3 rings (SSSR count). The highest BCUT2D eigenvalue weighted by Gasteiger charge is 2.58. The molecule has 1 fully saturated rings. The number of ether oxygens (including phenoxy) is 1. The van der Waals surface area contributed by atoms with Crippen LogP contribution in [0.1, 0.15) is 18.5 Å². The Labute approximate surface area is 154 Å². The van der Waals surface area contributed by atoms with E-state index in [4.69, 9.17) is 16.2 Å². The maximum absolute atomic E-state index is 12.8. The number of amides is 1. The van der Waals surface area contributed by atoms with E-state index in [2.05, 4.69) is 0 Å². The Balaban J connectivity index is 1.84. The number of fused-ring (bicyclic) bond motifs is 1. The van der Waals surface area contributed by atoms with Crippen molar-refractivity contribution in [3.8, 4) is 5.75 Å². The van der Waals surface area contributed by atoms with Crippen molar-refractivity contribution in [2.75, 3.05) is 7.11 Å². The summed E-state index contributed by atoms with van der Waals surface area (Å²) in [6.45, 7) is 1.63. The Bertz CT molecular complexity index is 805. The van der Waals surface area contributed by atoms with Gasteiger partial charge >= 0.3 is 5.97 Å². The van der Waals surface area contributed by atoms with Gasteiger partial charge in [-0.05, 0) is 30.7 Å². The molecular formula is C17H19N3O5S. The molecule has 4 atom stereocenters. The number of carboxylic acid groups (broad SMARTS) is 1. The van der Waals surface area contributed by atoms with Gasteiger partial charge in [0.05, 0.1) is 18.0 Å². The lowest BCUT2D eigenvalue weighted by Gasteiger charge is -2.51. The summed E-state index contributed by atoms with van der Waals surface area (Å²) in [5.41, 5.74) is 12.4. The Morgan fingerprint density at radius 1 is 1.35 bits per heavy atom. The fourth-order valence-electron chi connectivity index (χ4n) is 3.07. The van der Waals surface area contributed by atoms with Gasteiger partial charge in [0.15, 0.2) is 5.78 Å². The van der Waals surface area contributed by atoms with E-state index < -0.39 is 39.9 Å². The Hall–Kier alpha value is -2.36. The third kappa shape index (κ3) is 2.98. The van der Waals surface area contributed by atoms with Gasteiger partial charge < -0.3 is 21.3 Å². The van der Waals surface area contributed by atoms with Crippen LogP contribution in [0.15, 0.2) is 36.0 Å². The van der Waals surface area contributed by atoms with Gasteiger partial charge in [-0.1, -0.05) is 12.1 Å². The number of thioether (sulfide) groups is 1. The minimum Gasteiger partial charge on any atom is -0.497 e. The van der Waals surface area contributed by atoms with Crippen LogP contribution in [0.5, 0.6) is 5.75 Å². The lowest BCUT2D eigenvalue weighted by atomic mass is 9.86. The molecule has 5 N–H and O–H groups in total. The van der Waals surface area contributed by atoms with Crippen LogP contribution in [-0.4, -0.2) is 45.0 Å². The molecule has 8 nitrogen and oxygen atoms in total. The van der Waals surface area contributed by atoms with Crippen LogP contribution in [0.4, 0.5) is 0 Å². The van der Waals surface area contributed by atoms with Gasteiger partial charge in [-0.25, -0.2) is 4.79 Å². The number of carboxylic acids is 1. The molecular weight excluding hydrogens is 358 g/mol. The predicted octanol–water partition coefficient (Wildman–Crippen LogP) is 0.439. The monoisotopic (exact) mass is 377 g/mol. The number of aliphatic carboxylic acids is 1. The number of carbonyl (C=O) groups is 3. The summed E-state index contributed by atoms with van der Waals surface area (Å²) < 4.78 is 5.07. The normalized spacial score (nSPS) is 28.5. The first-order valence-corrected chi connectivity index (χ1v) is 8.73. The molecule has 0 aliphatic carbocycles. The first kappa shape index (κ1) is 18.4. The van der Waals surface area contributed by atoms with E-state index in [1.54, 1.807) is 31.2 Å². The Kier molecular flexibility index (Phi) is 4.55. The van der Waals surface area contributed by atoms with Gasteiger partial charge in [-0.15, -0.1) is 11.8 Å². The smallest absolute Gasteiger partial charge is 0.352 e. The average molecular weight is 377 g/mol. The second kappa shape index (κ2) is 6.42. The van der Waals surface area contributed by atoms with E-state index in [0.717, 1.165) is 4.90 Å². The Morgan fingerprint density at radius 2 is 1.96 bits per heavy atom. The number of carbonyl (C=O) groups excluding carboxylic acids is 2. The van der Waals surface area contributed by atoms with Crippen molar-refractivity contribution in [1.29, 1.82) is 0 Å². The maximum atomic E-state index is 12.8. The minimum atomic E-state index is -1.26. The zero-order chi connectivity index (χ0) is 19.2. The van der Waals surface area contributed by atoms with E-state index in [0.29, 0.717) is 11.3 Å². The number of hydrogen-bond donors (Lipinski definition) is 3. The summed E-state index contributed by atoms with van der Waals surface area (Å²) in [4.78, 5) is 36.8. The van der Waals surface area contributed by atoms with Crippen LogP contribution in [0.3, 0.4) is 0 Å². The molecule has 1 saturated heterocycles. The number of Topliss-reactive ketones (excluding diaryl/α,β-unsaturated/α-hetero) is 1. The molecule has 1 aromatic rings. The minimum absolute atomic E-state index is 0.203. The van der Waals surface area contributed by atoms with Gasteiger partial charge in [-0.3, -0.25) is 14.5 Å². The van der Waals surface area contributed by atoms with E-state index in [-0.39, 0.29) is 5.70 Å². The number of nitrogens with two attached hydrogens (primary N) is 2. The molecule has 0 saturated carbocycles. The molecule has 2 heterocycles. The second-order valence-corrected chi connectivity index (χ2v) is 7.96. The van der Waals surface area contributed by atoms with Crippen LogP contribution >= 0.6 is 11.8 Å². The second-order valence-electron chi connectivity index (χ2n) is 6.37. The maximum Gasteiger partial charge on any atom is 0.352 e. The zero-order valence-corrected chi connectivity index (χ0v) is 15.0. The van der Waals surface area contributed by atoms with Crippen molar-refractivity contribution in [3.63, 3.8) is 0 Å². The summed E-state index contributed by atoms with van der Waals surface area (Å²) in [6, 6.07) is 5.67. The number of benzene rings is 1. The van der Waals surface area contributed by atoms with Crippen LogP contribution in [0, 0.1) is 5.92 Å². The molecule has 138 valence electrons. The molecule has 2 aliphatic heterocycles. The van der Waals surface area contributed by atoms with Crippen molar-refractivity contribution in [3.05, 3.63) is 41.6 Å². The first-order chi connectivity index (χ1) is 12.2. The number of methoxy groups -OCH3 is 1. The van der Waals surface area contributed by atoms with Crippen LogP contribution < -0.4 is 16.2 Å². The van der Waals surface area contributed by atoms with Crippen LogP contribution in [0.2, 0.25) is 0 Å². The molecule has 1 amide bonds. The number of nitrogens with zero attached hydrogens (tertiary/aromatic N) is 1. The van der Waals surface area contributed by atoms with E-state index in [1.165, 1.54) is 24.9 Å². The van der Waals surface area contributed by atoms with Gasteiger partial charge in [0.25, 0.3) is 0 Å². The topological polar surface area (TPSA) is 136 Å². The van der Waals surface area contributed by atoms with Crippen molar-refractivity contribution in [1.82, 2.24) is 4.90 Å². The summed E-state index contributed by atoms with van der Waals surface area (Å²) >= 11 is 1.17. The molecule has 3 unspecified atom stereocenters. The molecule has 26 heavy (non-hydrogen) atoms. The number of ketones is 1. The number of β-lactam (4-membered cyclic amide) rings is 1. The summed E-state index contributed by atoms with van der Waals surface area (Å²) in [5.74, 6) is -2.69. The molecule has 0 bridgehead atoms. The lowest BCUT2D eigenvalue weighted by Crippen LogP contribution is -2.66. The highest BCUT2D eigenvalue weighted by atomic mass is 32.2. The molecule has 9 heteroatoms. The zero-order valence-electron chi connectivity index (χ0n) is 14.2. The average Bonchev–Trinajstić information content (AvgIpc) is 2.59. The molecule has 0 spiro atoms. The highest BCUT2D eigenvalue weighted by Crippen LogP contribution is 2.48. The molecule has 2 aliphatic rings. The largest absolute Gasteiger partial charge is 0.497 e. The van der Waals surface area contributed by atoms with Gasteiger partial charge in [-0.2, -0.15) is 0 Å². The van der Waals surface area contributed by atoms with Crippen LogP contribution in [-0.2, 0) is 14.4 Å². The van der Waals surface area contributed by atoms with Crippen molar-refractivity contribution in [2.45, 2.75) is 23.2 Å².